The number of nitrogens with zero attached hydrogens (tertiary/aromatic N) is 3. The molecule has 2 aromatic rings. The van der Waals surface area contributed by atoms with E-state index in [1.54, 1.807) is 23.1 Å². The van der Waals surface area contributed by atoms with E-state index in [0.29, 0.717) is 43.2 Å². The fraction of sp³-hybridized carbons (Fsp3) is 0.533. The number of benzene rings is 2. The lowest BCUT2D eigenvalue weighted by Crippen LogP contribution is -2.56. The zero-order valence-corrected chi connectivity index (χ0v) is 22.1. The second kappa shape index (κ2) is 10.7. The zero-order chi connectivity index (χ0) is 26.2. The lowest BCUT2D eigenvalue weighted by atomic mass is 9.93. The third-order valence-corrected chi connectivity index (χ3v) is 8.70. The number of likely N-dealkylation sites (tertiary alicyclic amines) is 1. The van der Waals surface area contributed by atoms with Crippen molar-refractivity contribution < 1.29 is 24.2 Å². The summed E-state index contributed by atoms with van der Waals surface area (Å²) >= 11 is 0. The number of amides is 2. The predicted octanol–water partition coefficient (Wildman–Crippen LogP) is 2.72. The number of aliphatic hydroxyl groups is 1. The molecule has 2 bridgehead atoms. The number of β-amino-alcohol motifs (C(OH)–C–C–N with tert-alkyl or cyclic N) is 1. The van der Waals surface area contributed by atoms with Crippen LogP contribution in [0.3, 0.4) is 0 Å². The van der Waals surface area contributed by atoms with Crippen LogP contribution in [0.2, 0.25) is 0 Å². The molecule has 2 amide bonds. The first kappa shape index (κ1) is 25.3. The standard InChI is InChI=1S/C30H37N3O5/c1-2-38-28-15-21(29(35)33-23-8-9-24(33)19-37-18-23)7-10-25(28)30(36)32-14-12-26(27(34)17-32)31-13-11-20-5-3-4-6-22(20)16-31/h3-7,10,15,23-24,26-27,34H,2,8-9,11-14,16-19H2,1H3/t23?,24?,26-,27-/m1/s1. The van der Waals surface area contributed by atoms with Crippen molar-refractivity contribution in [3.05, 3.63) is 64.7 Å². The summed E-state index contributed by atoms with van der Waals surface area (Å²) in [6, 6.07) is 13.9. The van der Waals surface area contributed by atoms with Gasteiger partial charge >= 0.3 is 0 Å². The maximum absolute atomic E-state index is 13.6. The smallest absolute Gasteiger partial charge is 0.257 e. The summed E-state index contributed by atoms with van der Waals surface area (Å²) in [5.74, 6) is 0.230. The molecule has 2 aromatic carbocycles. The first-order valence-electron chi connectivity index (χ1n) is 14.0. The fourth-order valence-corrected chi connectivity index (χ4v) is 6.72. The second-order valence-corrected chi connectivity index (χ2v) is 10.9. The highest BCUT2D eigenvalue weighted by molar-refractivity contribution is 6.00. The number of fused-ring (bicyclic) bond motifs is 3. The average Bonchev–Trinajstić information content (AvgIpc) is 3.19. The van der Waals surface area contributed by atoms with E-state index in [-0.39, 0.29) is 36.5 Å². The molecule has 8 nitrogen and oxygen atoms in total. The van der Waals surface area contributed by atoms with Crippen molar-refractivity contribution in [2.24, 2.45) is 0 Å². The number of piperidine rings is 1. The molecule has 4 aliphatic heterocycles. The Morgan fingerprint density at radius 1 is 1.00 bits per heavy atom. The van der Waals surface area contributed by atoms with Crippen LogP contribution in [-0.4, -0.2) is 95.3 Å². The second-order valence-electron chi connectivity index (χ2n) is 10.9. The van der Waals surface area contributed by atoms with Crippen molar-refractivity contribution in [2.45, 2.75) is 63.4 Å². The summed E-state index contributed by atoms with van der Waals surface area (Å²) in [5.41, 5.74) is 3.68. The summed E-state index contributed by atoms with van der Waals surface area (Å²) in [7, 11) is 0. The van der Waals surface area contributed by atoms with Gasteiger partial charge in [0.25, 0.3) is 11.8 Å². The zero-order valence-electron chi connectivity index (χ0n) is 22.1. The molecule has 0 spiro atoms. The minimum atomic E-state index is -0.619. The lowest BCUT2D eigenvalue weighted by Gasteiger charge is -2.43. The van der Waals surface area contributed by atoms with Crippen LogP contribution in [0.4, 0.5) is 0 Å². The van der Waals surface area contributed by atoms with Crippen molar-refractivity contribution in [1.29, 1.82) is 0 Å². The van der Waals surface area contributed by atoms with Crippen LogP contribution in [0.15, 0.2) is 42.5 Å². The van der Waals surface area contributed by atoms with E-state index in [9.17, 15) is 14.7 Å². The molecule has 0 saturated carbocycles. The van der Waals surface area contributed by atoms with Crippen molar-refractivity contribution in [2.75, 3.05) is 39.5 Å². The van der Waals surface area contributed by atoms with Gasteiger partial charge in [-0.3, -0.25) is 14.5 Å². The topological polar surface area (TPSA) is 82.5 Å². The van der Waals surface area contributed by atoms with Crippen molar-refractivity contribution in [1.82, 2.24) is 14.7 Å². The minimum absolute atomic E-state index is 0.0277. The minimum Gasteiger partial charge on any atom is -0.493 e. The molecular weight excluding hydrogens is 482 g/mol. The predicted molar refractivity (Wildman–Crippen MR) is 142 cm³/mol. The molecule has 6 rings (SSSR count). The summed E-state index contributed by atoms with van der Waals surface area (Å²) in [4.78, 5) is 33.0. The molecule has 8 heteroatoms. The van der Waals surface area contributed by atoms with E-state index >= 15 is 0 Å². The first-order chi connectivity index (χ1) is 18.5. The van der Waals surface area contributed by atoms with Crippen LogP contribution in [-0.2, 0) is 17.7 Å². The van der Waals surface area contributed by atoms with Crippen LogP contribution in [0.25, 0.3) is 0 Å². The summed E-state index contributed by atoms with van der Waals surface area (Å²) in [5, 5.41) is 11.1. The van der Waals surface area contributed by atoms with E-state index in [2.05, 4.69) is 29.2 Å². The normalized spacial score (nSPS) is 27.2. The summed E-state index contributed by atoms with van der Waals surface area (Å²) in [6.45, 7) is 6.03. The molecule has 38 heavy (non-hydrogen) atoms. The largest absolute Gasteiger partial charge is 0.493 e. The maximum Gasteiger partial charge on any atom is 0.257 e. The van der Waals surface area contributed by atoms with Gasteiger partial charge < -0.3 is 24.4 Å². The highest BCUT2D eigenvalue weighted by Crippen LogP contribution is 2.32. The van der Waals surface area contributed by atoms with Crippen molar-refractivity contribution >= 4 is 11.8 Å². The Bertz CT molecular complexity index is 1190. The molecule has 3 saturated heterocycles. The first-order valence-corrected chi connectivity index (χ1v) is 14.0. The van der Waals surface area contributed by atoms with E-state index < -0.39 is 6.10 Å². The Labute approximate surface area is 224 Å². The van der Waals surface area contributed by atoms with Crippen LogP contribution >= 0.6 is 0 Å². The van der Waals surface area contributed by atoms with Gasteiger partial charge in [0.05, 0.1) is 43.6 Å². The van der Waals surface area contributed by atoms with Gasteiger partial charge in [-0.2, -0.15) is 0 Å². The molecule has 0 aliphatic carbocycles. The SMILES string of the molecule is CCOc1cc(C(=O)N2C3CCC2COC3)ccc1C(=O)N1CC[C@@H](N2CCc3ccccc3C2)[C@H](O)C1. The highest BCUT2D eigenvalue weighted by Gasteiger charge is 2.41. The Hall–Kier alpha value is -2.94. The number of aliphatic hydroxyl groups excluding tert-OH is 1. The Balaban J connectivity index is 1.15. The van der Waals surface area contributed by atoms with E-state index in [0.717, 1.165) is 38.8 Å². The molecule has 202 valence electrons. The Morgan fingerprint density at radius 3 is 2.50 bits per heavy atom. The average molecular weight is 520 g/mol. The van der Waals surface area contributed by atoms with Gasteiger partial charge in [0.1, 0.15) is 5.75 Å². The van der Waals surface area contributed by atoms with Crippen molar-refractivity contribution in [3.8, 4) is 5.75 Å². The van der Waals surface area contributed by atoms with Gasteiger partial charge in [-0.25, -0.2) is 0 Å². The summed E-state index contributed by atoms with van der Waals surface area (Å²) < 4.78 is 11.5. The maximum atomic E-state index is 13.6. The quantitative estimate of drug-likeness (QED) is 0.654. The summed E-state index contributed by atoms with van der Waals surface area (Å²) in [6.07, 6.45) is 3.01. The third-order valence-electron chi connectivity index (χ3n) is 8.70. The Kier molecular flexibility index (Phi) is 7.12. The van der Waals surface area contributed by atoms with Crippen molar-refractivity contribution in [3.63, 3.8) is 0 Å². The molecule has 2 unspecified atom stereocenters. The molecule has 4 aliphatic rings. The molecule has 3 fully saturated rings. The molecule has 4 heterocycles. The van der Waals surface area contributed by atoms with Crippen LogP contribution < -0.4 is 4.74 Å². The number of hydrogen-bond donors (Lipinski definition) is 1. The lowest BCUT2D eigenvalue weighted by molar-refractivity contribution is -0.0138. The number of rotatable bonds is 5. The molecule has 4 atom stereocenters. The number of carbonyl (C=O) groups is 2. The number of carbonyl (C=O) groups excluding carboxylic acids is 2. The van der Waals surface area contributed by atoms with E-state index in [1.165, 1.54) is 11.1 Å². The Morgan fingerprint density at radius 2 is 1.76 bits per heavy atom. The monoisotopic (exact) mass is 519 g/mol. The van der Waals surface area contributed by atoms with Gasteiger partial charge in [0.15, 0.2) is 0 Å². The van der Waals surface area contributed by atoms with E-state index in [4.69, 9.17) is 9.47 Å². The third kappa shape index (κ3) is 4.70. The molecular formula is C30H37N3O5. The number of hydrogen-bond acceptors (Lipinski definition) is 6. The van der Waals surface area contributed by atoms with Crippen LogP contribution in [0.5, 0.6) is 5.75 Å². The molecule has 0 radical (unpaired) electrons. The van der Waals surface area contributed by atoms with Gasteiger partial charge in [-0.05, 0) is 61.9 Å². The highest BCUT2D eigenvalue weighted by atomic mass is 16.5. The number of morpholine rings is 1. The van der Waals surface area contributed by atoms with E-state index in [1.807, 2.05) is 11.8 Å². The molecule has 1 N–H and O–H groups in total. The van der Waals surface area contributed by atoms with Gasteiger partial charge in [0, 0.05) is 37.8 Å². The fourth-order valence-electron chi connectivity index (χ4n) is 6.72. The molecule has 0 aromatic heterocycles. The number of ether oxygens (including phenoxy) is 2. The van der Waals surface area contributed by atoms with Crippen LogP contribution in [0.1, 0.15) is 58.0 Å². The van der Waals surface area contributed by atoms with Gasteiger partial charge in [0.2, 0.25) is 0 Å². The van der Waals surface area contributed by atoms with Gasteiger partial charge in [-0.15, -0.1) is 0 Å². The van der Waals surface area contributed by atoms with Gasteiger partial charge in [-0.1, -0.05) is 24.3 Å². The van der Waals surface area contributed by atoms with Crippen LogP contribution in [0, 0.1) is 0 Å².